The lowest BCUT2D eigenvalue weighted by Gasteiger charge is -2.50. The van der Waals surface area contributed by atoms with E-state index in [-0.39, 0.29) is 36.4 Å². The van der Waals surface area contributed by atoms with Gasteiger partial charge in [0, 0.05) is 5.54 Å². The maximum absolute atomic E-state index is 12.7. The minimum Gasteiger partial charge on any atom is -0.473 e. The maximum atomic E-state index is 12.7. The summed E-state index contributed by atoms with van der Waals surface area (Å²) in [7, 11) is 0. The van der Waals surface area contributed by atoms with Crippen LogP contribution in [-0.2, 0) is 11.4 Å². The minimum absolute atomic E-state index is 0.131. The molecule has 172 valence electrons. The van der Waals surface area contributed by atoms with E-state index in [0.717, 1.165) is 30.4 Å². The number of ether oxygens (including phenoxy) is 2. The van der Waals surface area contributed by atoms with Crippen molar-refractivity contribution in [3.8, 4) is 11.8 Å². The first-order chi connectivity index (χ1) is 15.3. The van der Waals surface area contributed by atoms with Gasteiger partial charge in [-0.2, -0.15) is 4.98 Å². The van der Waals surface area contributed by atoms with Gasteiger partial charge in [0.25, 0.3) is 5.91 Å². The molecular weight excluding hydrogens is 406 g/mol. The van der Waals surface area contributed by atoms with Crippen molar-refractivity contribution in [1.82, 2.24) is 15.3 Å². The van der Waals surface area contributed by atoms with Crippen molar-refractivity contribution < 1.29 is 14.3 Å². The summed E-state index contributed by atoms with van der Waals surface area (Å²) in [5.41, 5.74) is 1.43. The third kappa shape index (κ3) is 5.69. The van der Waals surface area contributed by atoms with E-state index in [2.05, 4.69) is 29.1 Å². The van der Waals surface area contributed by atoms with Crippen LogP contribution in [-0.4, -0.2) is 28.0 Å². The van der Waals surface area contributed by atoms with E-state index in [4.69, 9.17) is 9.47 Å². The lowest BCUT2D eigenvalue weighted by Crippen LogP contribution is -2.57. The fraction of sp³-hybridized carbons (Fsp3) is 0.560. The highest BCUT2D eigenvalue weighted by Crippen LogP contribution is 2.47. The van der Waals surface area contributed by atoms with Gasteiger partial charge in [-0.25, -0.2) is 4.79 Å². The molecule has 2 aromatic rings. The Hall–Kier alpha value is -2.83. The van der Waals surface area contributed by atoms with Crippen LogP contribution in [0.1, 0.15) is 57.1 Å². The van der Waals surface area contributed by atoms with E-state index in [0.29, 0.717) is 17.8 Å². The highest BCUT2D eigenvalue weighted by atomic mass is 16.5. The summed E-state index contributed by atoms with van der Waals surface area (Å²) in [5, 5.41) is 3.27. The Morgan fingerprint density at radius 1 is 1.12 bits per heavy atom. The van der Waals surface area contributed by atoms with E-state index in [9.17, 15) is 9.59 Å². The molecular formula is C25H33N3O4. The first kappa shape index (κ1) is 22.4. The predicted octanol–water partition coefficient (Wildman–Crippen LogP) is 3.76. The summed E-state index contributed by atoms with van der Waals surface area (Å²) < 4.78 is 11.2. The van der Waals surface area contributed by atoms with Gasteiger partial charge in [-0.1, -0.05) is 43.7 Å². The van der Waals surface area contributed by atoms with Gasteiger partial charge in [-0.15, -0.1) is 0 Å². The fourth-order valence-corrected chi connectivity index (χ4v) is 5.74. The van der Waals surface area contributed by atoms with Crippen LogP contribution in [0.15, 0.2) is 35.1 Å². The molecule has 2 aliphatic carbocycles. The lowest BCUT2D eigenvalue weighted by molar-refractivity contribution is -0.127. The first-order valence-electron chi connectivity index (χ1n) is 11.5. The minimum atomic E-state index is -0.578. The van der Waals surface area contributed by atoms with Crippen molar-refractivity contribution in [1.29, 1.82) is 0 Å². The van der Waals surface area contributed by atoms with E-state index in [1.54, 1.807) is 0 Å². The number of carbonyl (C=O) groups excluding carboxylic acids is 1. The average Bonchev–Trinajstić information content (AvgIpc) is 2.70. The molecule has 0 saturated heterocycles. The molecule has 2 saturated carbocycles. The molecule has 1 heterocycles. The van der Waals surface area contributed by atoms with Gasteiger partial charge in [-0.05, 0) is 62.3 Å². The van der Waals surface area contributed by atoms with Crippen molar-refractivity contribution >= 4 is 5.91 Å². The first-order valence-corrected chi connectivity index (χ1v) is 11.5. The number of amides is 1. The number of benzene rings is 1. The quantitative estimate of drug-likeness (QED) is 0.685. The molecule has 32 heavy (non-hydrogen) atoms. The number of rotatable bonds is 7. The van der Waals surface area contributed by atoms with Gasteiger partial charge in [0.05, 0.1) is 6.07 Å². The Bertz CT molecular complexity index is 981. The molecule has 2 fully saturated rings. The summed E-state index contributed by atoms with van der Waals surface area (Å²) in [5.74, 6) is 2.09. The molecule has 0 spiro atoms. The highest BCUT2D eigenvalue weighted by Gasteiger charge is 2.45. The molecule has 2 atom stereocenters. The molecule has 1 aromatic carbocycles. The Kier molecular flexibility index (Phi) is 6.53. The summed E-state index contributed by atoms with van der Waals surface area (Å²) in [4.78, 5) is 31.0. The van der Waals surface area contributed by atoms with Crippen LogP contribution in [0.25, 0.3) is 0 Å². The van der Waals surface area contributed by atoms with Crippen LogP contribution in [0.2, 0.25) is 0 Å². The second-order valence-electron chi connectivity index (χ2n) is 9.94. The third-order valence-corrected chi connectivity index (χ3v) is 6.60. The summed E-state index contributed by atoms with van der Waals surface area (Å²) in [6.07, 6.45) is 5.59. The Balaban J connectivity index is 1.34. The smallest absolute Gasteiger partial charge is 0.351 e. The molecule has 2 aliphatic rings. The van der Waals surface area contributed by atoms with Crippen molar-refractivity contribution in [3.05, 3.63) is 51.9 Å². The van der Waals surface area contributed by atoms with E-state index < -0.39 is 5.69 Å². The fourth-order valence-electron chi connectivity index (χ4n) is 5.74. The van der Waals surface area contributed by atoms with Gasteiger partial charge in [-0.3, -0.25) is 9.78 Å². The van der Waals surface area contributed by atoms with Gasteiger partial charge in [0.15, 0.2) is 6.61 Å². The number of hydrogen-bond donors (Lipinski definition) is 2. The van der Waals surface area contributed by atoms with Crippen LogP contribution in [0.3, 0.4) is 0 Å². The molecule has 2 N–H and O–H groups in total. The normalized spacial score (nSPS) is 26.9. The van der Waals surface area contributed by atoms with Crippen molar-refractivity contribution in [2.75, 3.05) is 6.61 Å². The number of fused-ring (bicyclic) bond motifs is 2. The number of hydrogen-bond acceptors (Lipinski definition) is 5. The zero-order valence-electron chi connectivity index (χ0n) is 19.1. The SMILES string of the molecule is Cc1ccc(COc2cc(OCC(=O)NC34CC(C)CC(CC(C)C3)C4)[nH]c(=O)n2)cc1. The molecule has 1 aromatic heterocycles. The average molecular weight is 440 g/mol. The molecule has 4 rings (SSSR count). The Labute approximate surface area is 188 Å². The van der Waals surface area contributed by atoms with Crippen molar-refractivity contribution in [2.45, 2.75) is 65.0 Å². The van der Waals surface area contributed by atoms with Gasteiger partial charge in [0.2, 0.25) is 11.8 Å². The van der Waals surface area contributed by atoms with Crippen LogP contribution in [0, 0.1) is 24.7 Å². The standard InChI is InChI=1S/C25H33N3O4/c1-16-4-6-19(7-5-16)14-31-22-10-23(27-24(30)26-22)32-15-21(29)28-25-11-17(2)8-20(13-25)9-18(3)12-25/h4-7,10,17-18,20H,8-9,11-15H2,1-3H3,(H,28,29)(H,26,27,30). The maximum Gasteiger partial charge on any atom is 0.351 e. The Morgan fingerprint density at radius 3 is 2.50 bits per heavy atom. The molecule has 0 aliphatic heterocycles. The van der Waals surface area contributed by atoms with Gasteiger partial charge in [0.1, 0.15) is 6.61 Å². The zero-order chi connectivity index (χ0) is 22.7. The van der Waals surface area contributed by atoms with Crippen LogP contribution >= 0.6 is 0 Å². The molecule has 2 bridgehead atoms. The van der Waals surface area contributed by atoms with E-state index in [1.165, 1.54) is 18.9 Å². The summed E-state index contributed by atoms with van der Waals surface area (Å²) >= 11 is 0. The number of carbonyl (C=O) groups is 1. The number of nitrogens with zero attached hydrogens (tertiary/aromatic N) is 1. The van der Waals surface area contributed by atoms with Crippen LogP contribution in [0.4, 0.5) is 0 Å². The number of aromatic nitrogens is 2. The zero-order valence-corrected chi connectivity index (χ0v) is 19.1. The predicted molar refractivity (Wildman–Crippen MR) is 122 cm³/mol. The van der Waals surface area contributed by atoms with E-state index in [1.807, 2.05) is 31.2 Å². The second-order valence-corrected chi connectivity index (χ2v) is 9.94. The molecule has 1 amide bonds. The molecule has 2 unspecified atom stereocenters. The third-order valence-electron chi connectivity index (χ3n) is 6.60. The van der Waals surface area contributed by atoms with E-state index >= 15 is 0 Å². The summed E-state index contributed by atoms with van der Waals surface area (Å²) in [6, 6.07) is 9.43. The monoisotopic (exact) mass is 439 g/mol. The number of H-pyrrole nitrogens is 1. The summed E-state index contributed by atoms with van der Waals surface area (Å²) in [6.45, 7) is 6.70. The second kappa shape index (κ2) is 9.35. The lowest BCUT2D eigenvalue weighted by atomic mass is 9.61. The van der Waals surface area contributed by atoms with Crippen LogP contribution < -0.4 is 20.5 Å². The van der Waals surface area contributed by atoms with Crippen LogP contribution in [0.5, 0.6) is 11.8 Å². The molecule has 7 nitrogen and oxygen atoms in total. The molecule has 7 heteroatoms. The van der Waals surface area contributed by atoms with Gasteiger partial charge < -0.3 is 14.8 Å². The number of nitrogens with one attached hydrogen (secondary N) is 2. The topological polar surface area (TPSA) is 93.3 Å². The largest absolute Gasteiger partial charge is 0.473 e. The highest BCUT2D eigenvalue weighted by molar-refractivity contribution is 5.78. The number of aromatic amines is 1. The van der Waals surface area contributed by atoms with Crippen molar-refractivity contribution in [3.63, 3.8) is 0 Å². The Morgan fingerprint density at radius 2 is 1.81 bits per heavy atom. The molecule has 0 radical (unpaired) electrons. The van der Waals surface area contributed by atoms with Crippen molar-refractivity contribution in [2.24, 2.45) is 17.8 Å². The van der Waals surface area contributed by atoms with Gasteiger partial charge >= 0.3 is 5.69 Å². The number of aryl methyl sites for hydroxylation is 1.